The average Bonchev–Trinajstić information content (AvgIpc) is 2.34. The van der Waals surface area contributed by atoms with E-state index in [1.165, 1.54) is 0 Å². The molecule has 0 aliphatic carbocycles. The van der Waals surface area contributed by atoms with Crippen molar-refractivity contribution in [1.82, 2.24) is 0 Å². The zero-order chi connectivity index (χ0) is 11.8. The van der Waals surface area contributed by atoms with E-state index in [4.69, 9.17) is 9.78 Å². The molecule has 86 valence electrons. The van der Waals surface area contributed by atoms with Crippen molar-refractivity contribution in [2.24, 2.45) is 0 Å². The highest BCUT2D eigenvalue weighted by Gasteiger charge is 2.10. The molecule has 3 heteroatoms. The van der Waals surface area contributed by atoms with Crippen LogP contribution in [0.5, 0.6) is 5.75 Å². The molecular formula is C13H16O3. The van der Waals surface area contributed by atoms with Crippen molar-refractivity contribution in [1.29, 1.82) is 0 Å². The lowest BCUT2D eigenvalue weighted by Gasteiger charge is -2.05. The van der Waals surface area contributed by atoms with Gasteiger partial charge < -0.3 is 0 Å². The van der Waals surface area contributed by atoms with Crippen LogP contribution in [0.2, 0.25) is 0 Å². The number of carbonyl (C=O) groups excluding carboxylic acids is 1. The summed E-state index contributed by atoms with van der Waals surface area (Å²) in [6.45, 7) is 3.88. The van der Waals surface area contributed by atoms with Crippen LogP contribution >= 0.6 is 0 Å². The molecule has 0 amide bonds. The second kappa shape index (κ2) is 6.67. The van der Waals surface area contributed by atoms with Gasteiger partial charge in [0.05, 0.1) is 0 Å². The Hall–Kier alpha value is -1.77. The fraction of sp³-hybridized carbons (Fsp3) is 0.308. The Morgan fingerprint density at radius 1 is 1.25 bits per heavy atom. The van der Waals surface area contributed by atoms with Gasteiger partial charge in [0.1, 0.15) is 0 Å². The molecule has 0 atom stereocenters. The first-order chi connectivity index (χ1) is 7.77. The lowest BCUT2D eigenvalue weighted by Crippen LogP contribution is -2.10. The summed E-state index contributed by atoms with van der Waals surface area (Å²) in [5.41, 5.74) is 0.637. The minimum absolute atomic E-state index is 0.423. The summed E-state index contributed by atoms with van der Waals surface area (Å²) in [6, 6.07) is 8.94. The van der Waals surface area contributed by atoms with Gasteiger partial charge in [-0.15, -0.1) is 0 Å². The van der Waals surface area contributed by atoms with Crippen LogP contribution in [-0.4, -0.2) is 5.97 Å². The van der Waals surface area contributed by atoms with Crippen LogP contribution in [0.15, 0.2) is 42.0 Å². The first kappa shape index (κ1) is 12.3. The van der Waals surface area contributed by atoms with Gasteiger partial charge in [0.2, 0.25) is 0 Å². The zero-order valence-electron chi connectivity index (χ0n) is 9.60. The molecule has 1 aromatic rings. The summed E-state index contributed by atoms with van der Waals surface area (Å²) in [5, 5.41) is 0. The average molecular weight is 220 g/mol. The van der Waals surface area contributed by atoms with Gasteiger partial charge in [0, 0.05) is 5.57 Å². The van der Waals surface area contributed by atoms with Crippen LogP contribution in [0.25, 0.3) is 0 Å². The third kappa shape index (κ3) is 3.77. The maximum atomic E-state index is 11.5. The van der Waals surface area contributed by atoms with Gasteiger partial charge in [0.25, 0.3) is 0 Å². The van der Waals surface area contributed by atoms with Crippen LogP contribution in [0.1, 0.15) is 26.7 Å². The van der Waals surface area contributed by atoms with E-state index >= 15 is 0 Å². The molecule has 0 saturated heterocycles. The Bertz CT molecular complexity index is 355. The molecule has 0 bridgehead atoms. The number of carbonyl (C=O) groups is 1. The van der Waals surface area contributed by atoms with E-state index in [1.807, 2.05) is 38.1 Å². The second-order valence-corrected chi connectivity index (χ2v) is 3.26. The number of allylic oxidation sites excluding steroid dienone is 1. The third-order valence-electron chi connectivity index (χ3n) is 2.05. The molecule has 0 unspecified atom stereocenters. The predicted octanol–water partition coefficient (Wildman–Crippen LogP) is 3.27. The molecule has 0 heterocycles. The van der Waals surface area contributed by atoms with E-state index in [2.05, 4.69) is 0 Å². The van der Waals surface area contributed by atoms with E-state index in [0.29, 0.717) is 17.7 Å². The van der Waals surface area contributed by atoms with Crippen LogP contribution < -0.4 is 4.89 Å². The topological polar surface area (TPSA) is 35.5 Å². The minimum Gasteiger partial charge on any atom is -0.287 e. The SMILES string of the molecule is CCC=C(CC)C(=O)OOc1ccccc1. The molecule has 16 heavy (non-hydrogen) atoms. The Labute approximate surface area is 95.6 Å². The van der Waals surface area contributed by atoms with E-state index in [1.54, 1.807) is 12.1 Å². The van der Waals surface area contributed by atoms with Crippen molar-refractivity contribution in [3.8, 4) is 5.75 Å². The maximum Gasteiger partial charge on any atom is 0.381 e. The first-order valence-corrected chi connectivity index (χ1v) is 5.40. The molecule has 0 fully saturated rings. The highest BCUT2D eigenvalue weighted by molar-refractivity contribution is 5.87. The molecule has 0 N–H and O–H groups in total. The molecule has 0 aromatic heterocycles. The number of rotatable bonds is 5. The van der Waals surface area contributed by atoms with Gasteiger partial charge in [-0.3, -0.25) is 4.89 Å². The van der Waals surface area contributed by atoms with Gasteiger partial charge >= 0.3 is 5.97 Å². The number of benzene rings is 1. The molecule has 0 radical (unpaired) electrons. The molecule has 0 aliphatic heterocycles. The van der Waals surface area contributed by atoms with Gasteiger partial charge in [-0.1, -0.05) is 38.1 Å². The molecule has 3 nitrogen and oxygen atoms in total. The number of hydrogen-bond acceptors (Lipinski definition) is 3. The number of hydrogen-bond donors (Lipinski definition) is 0. The Balaban J connectivity index is 2.49. The van der Waals surface area contributed by atoms with Crippen molar-refractivity contribution >= 4 is 5.97 Å². The minimum atomic E-state index is -0.423. The second-order valence-electron chi connectivity index (χ2n) is 3.26. The van der Waals surface area contributed by atoms with Crippen molar-refractivity contribution in [2.75, 3.05) is 0 Å². The van der Waals surface area contributed by atoms with Crippen molar-refractivity contribution in [2.45, 2.75) is 26.7 Å². The lowest BCUT2D eigenvalue weighted by atomic mass is 10.2. The molecule has 1 rings (SSSR count). The van der Waals surface area contributed by atoms with Crippen LogP contribution in [0.3, 0.4) is 0 Å². The lowest BCUT2D eigenvalue weighted by molar-refractivity contribution is -0.208. The quantitative estimate of drug-likeness (QED) is 0.434. The van der Waals surface area contributed by atoms with Crippen LogP contribution in [0.4, 0.5) is 0 Å². The van der Waals surface area contributed by atoms with Crippen molar-refractivity contribution < 1.29 is 14.6 Å². The van der Waals surface area contributed by atoms with E-state index in [-0.39, 0.29) is 0 Å². The Morgan fingerprint density at radius 3 is 2.50 bits per heavy atom. The van der Waals surface area contributed by atoms with Gasteiger partial charge in [-0.25, -0.2) is 9.68 Å². The van der Waals surface area contributed by atoms with Gasteiger partial charge in [-0.05, 0) is 25.0 Å². The maximum absolute atomic E-state index is 11.5. The normalized spacial score (nSPS) is 11.0. The summed E-state index contributed by atoms with van der Waals surface area (Å²) in [4.78, 5) is 21.2. The van der Waals surface area contributed by atoms with Crippen molar-refractivity contribution in [3.05, 3.63) is 42.0 Å². The predicted molar refractivity (Wildman–Crippen MR) is 61.8 cm³/mol. The fourth-order valence-electron chi connectivity index (χ4n) is 1.23. The van der Waals surface area contributed by atoms with Crippen LogP contribution in [-0.2, 0) is 9.68 Å². The number of para-hydroxylation sites is 1. The van der Waals surface area contributed by atoms with Crippen LogP contribution in [0, 0.1) is 0 Å². The smallest absolute Gasteiger partial charge is 0.287 e. The zero-order valence-corrected chi connectivity index (χ0v) is 9.60. The molecular weight excluding hydrogens is 204 g/mol. The standard InChI is InChI=1S/C13H16O3/c1-3-8-11(4-2)13(14)16-15-12-9-6-5-7-10-12/h5-10H,3-4H2,1-2H3. The van der Waals surface area contributed by atoms with E-state index in [9.17, 15) is 4.79 Å². The van der Waals surface area contributed by atoms with E-state index in [0.717, 1.165) is 6.42 Å². The summed E-state index contributed by atoms with van der Waals surface area (Å²) in [6.07, 6.45) is 3.30. The monoisotopic (exact) mass is 220 g/mol. The first-order valence-electron chi connectivity index (χ1n) is 5.40. The molecule has 1 aromatic carbocycles. The van der Waals surface area contributed by atoms with Gasteiger partial charge in [0.15, 0.2) is 5.75 Å². The summed E-state index contributed by atoms with van der Waals surface area (Å²) >= 11 is 0. The molecule has 0 spiro atoms. The molecule has 0 saturated carbocycles. The third-order valence-corrected chi connectivity index (χ3v) is 2.05. The largest absolute Gasteiger partial charge is 0.381 e. The molecule has 0 aliphatic rings. The summed E-state index contributed by atoms with van der Waals surface area (Å²) in [7, 11) is 0. The van der Waals surface area contributed by atoms with Crippen molar-refractivity contribution in [3.63, 3.8) is 0 Å². The van der Waals surface area contributed by atoms with E-state index < -0.39 is 5.97 Å². The van der Waals surface area contributed by atoms with Gasteiger partial charge in [-0.2, -0.15) is 0 Å². The summed E-state index contributed by atoms with van der Waals surface area (Å²) < 4.78 is 0. The Kier molecular flexibility index (Phi) is 5.12. The fourth-order valence-corrected chi connectivity index (χ4v) is 1.23. The highest BCUT2D eigenvalue weighted by atomic mass is 17.2. The Morgan fingerprint density at radius 2 is 1.94 bits per heavy atom. The highest BCUT2D eigenvalue weighted by Crippen LogP contribution is 2.11. The summed E-state index contributed by atoms with van der Waals surface area (Å²) in [5.74, 6) is 0.0935.